The van der Waals surface area contributed by atoms with Gasteiger partial charge in [-0.25, -0.2) is 14.8 Å². The Morgan fingerprint density at radius 2 is 2.15 bits per heavy atom. The van der Waals surface area contributed by atoms with Crippen molar-refractivity contribution in [1.29, 1.82) is 0 Å². The highest BCUT2D eigenvalue weighted by molar-refractivity contribution is 5.89. The van der Waals surface area contributed by atoms with Gasteiger partial charge in [0.15, 0.2) is 0 Å². The number of hydrogen-bond donors (Lipinski definition) is 2. The van der Waals surface area contributed by atoms with Crippen molar-refractivity contribution in [2.75, 3.05) is 18.8 Å². The number of hydrogen-bond acceptors (Lipinski definition) is 5. The fourth-order valence-electron chi connectivity index (χ4n) is 3.34. The number of unbranched alkanes of at least 4 members (excludes halogenated alkanes) is 1. The minimum Gasteiger partial charge on any atom is -0.465 e. The van der Waals surface area contributed by atoms with E-state index < -0.39 is 12.1 Å². The SMILES string of the molecule is CCCC[C@H]1C(=O)N(Cc2ccc3c(N)ncnc3c2)CCN1C(=O)O. The Balaban J connectivity index is 1.79. The van der Waals surface area contributed by atoms with Gasteiger partial charge in [-0.1, -0.05) is 25.8 Å². The van der Waals surface area contributed by atoms with E-state index in [2.05, 4.69) is 9.97 Å². The number of nitrogens with two attached hydrogens (primary N) is 1. The maximum atomic E-state index is 12.8. The third kappa shape index (κ3) is 3.54. The van der Waals surface area contributed by atoms with Crippen LogP contribution >= 0.6 is 0 Å². The number of nitrogens with zero attached hydrogens (tertiary/aromatic N) is 4. The van der Waals surface area contributed by atoms with Crippen LogP contribution in [0.2, 0.25) is 0 Å². The van der Waals surface area contributed by atoms with Gasteiger partial charge in [0.1, 0.15) is 18.2 Å². The van der Waals surface area contributed by atoms with Gasteiger partial charge in [-0.3, -0.25) is 9.69 Å². The zero-order valence-corrected chi connectivity index (χ0v) is 14.8. The number of fused-ring (bicyclic) bond motifs is 1. The van der Waals surface area contributed by atoms with Crippen molar-refractivity contribution < 1.29 is 14.7 Å². The van der Waals surface area contributed by atoms with E-state index in [1.165, 1.54) is 11.2 Å². The van der Waals surface area contributed by atoms with Crippen molar-refractivity contribution in [2.45, 2.75) is 38.8 Å². The largest absolute Gasteiger partial charge is 0.465 e. The quantitative estimate of drug-likeness (QED) is 0.847. The van der Waals surface area contributed by atoms with E-state index in [4.69, 9.17) is 5.73 Å². The van der Waals surface area contributed by atoms with Crippen molar-refractivity contribution in [3.8, 4) is 0 Å². The molecule has 2 heterocycles. The van der Waals surface area contributed by atoms with E-state index >= 15 is 0 Å². The Bertz CT molecular complexity index is 826. The molecule has 8 nitrogen and oxygen atoms in total. The Hall–Kier alpha value is -2.90. The molecule has 0 spiro atoms. The fraction of sp³-hybridized carbons (Fsp3) is 0.444. The molecule has 1 aliphatic rings. The molecule has 3 rings (SSSR count). The van der Waals surface area contributed by atoms with Gasteiger partial charge in [0.05, 0.1) is 5.52 Å². The molecule has 0 radical (unpaired) electrons. The van der Waals surface area contributed by atoms with Gasteiger partial charge in [0, 0.05) is 25.0 Å². The van der Waals surface area contributed by atoms with Crippen LogP contribution in [0.5, 0.6) is 0 Å². The number of benzene rings is 1. The molecule has 1 fully saturated rings. The number of nitrogen functional groups attached to an aromatic ring is 1. The summed E-state index contributed by atoms with van der Waals surface area (Å²) in [5.74, 6) is 0.293. The van der Waals surface area contributed by atoms with Crippen LogP contribution in [0.4, 0.5) is 10.6 Å². The molecular weight excluding hydrogens is 334 g/mol. The van der Waals surface area contributed by atoms with Crippen LogP contribution in [0.15, 0.2) is 24.5 Å². The van der Waals surface area contributed by atoms with Crippen LogP contribution in [0.25, 0.3) is 10.9 Å². The average Bonchev–Trinajstić information content (AvgIpc) is 2.62. The Morgan fingerprint density at radius 1 is 1.35 bits per heavy atom. The van der Waals surface area contributed by atoms with Gasteiger partial charge in [-0.2, -0.15) is 0 Å². The van der Waals surface area contributed by atoms with Crippen molar-refractivity contribution in [1.82, 2.24) is 19.8 Å². The molecule has 0 aliphatic carbocycles. The molecule has 3 N–H and O–H groups in total. The lowest BCUT2D eigenvalue weighted by Crippen LogP contribution is -2.58. The second kappa shape index (κ2) is 7.55. The summed E-state index contributed by atoms with van der Waals surface area (Å²) in [5, 5.41) is 10.2. The van der Waals surface area contributed by atoms with Gasteiger partial charge in [0.2, 0.25) is 5.91 Å². The predicted molar refractivity (Wildman–Crippen MR) is 97.4 cm³/mol. The lowest BCUT2D eigenvalue weighted by molar-refractivity contribution is -0.141. The summed E-state index contributed by atoms with van der Waals surface area (Å²) in [6.45, 7) is 3.17. The van der Waals surface area contributed by atoms with Crippen molar-refractivity contribution in [3.05, 3.63) is 30.1 Å². The van der Waals surface area contributed by atoms with E-state index in [-0.39, 0.29) is 5.91 Å². The number of carboxylic acid groups (broad SMARTS) is 1. The monoisotopic (exact) mass is 357 g/mol. The van der Waals surface area contributed by atoms with E-state index in [0.29, 0.717) is 31.9 Å². The molecule has 1 aromatic heterocycles. The summed E-state index contributed by atoms with van der Waals surface area (Å²) in [5.41, 5.74) is 7.51. The zero-order valence-electron chi connectivity index (χ0n) is 14.8. The summed E-state index contributed by atoms with van der Waals surface area (Å²) in [6, 6.07) is 5.05. The highest BCUT2D eigenvalue weighted by Gasteiger charge is 2.36. The van der Waals surface area contributed by atoms with Gasteiger partial charge in [-0.05, 0) is 24.1 Å². The van der Waals surface area contributed by atoms with Crippen LogP contribution in [-0.4, -0.2) is 56.0 Å². The maximum absolute atomic E-state index is 12.8. The molecule has 2 aromatic rings. The Kier molecular flexibility index (Phi) is 5.20. The minimum atomic E-state index is -1.03. The molecule has 2 amide bonds. The standard InChI is InChI=1S/C18H23N5O3/c1-2-3-4-15-17(24)22(7-8-23(15)18(25)26)10-12-5-6-13-14(9-12)20-11-21-16(13)19/h5-6,9,11,15H,2-4,7-8,10H2,1H3,(H,25,26)(H2,19,20,21)/t15-/m0/s1. The molecule has 0 unspecified atom stereocenters. The van der Waals surface area contributed by atoms with Crippen molar-refractivity contribution in [3.63, 3.8) is 0 Å². The van der Waals surface area contributed by atoms with Crippen LogP contribution in [0, 0.1) is 0 Å². The van der Waals surface area contributed by atoms with Crippen LogP contribution in [0.1, 0.15) is 31.7 Å². The summed E-state index contributed by atoms with van der Waals surface area (Å²) in [4.78, 5) is 35.5. The number of piperazine rings is 1. The second-order valence-corrected chi connectivity index (χ2v) is 6.50. The predicted octanol–water partition coefficient (Wildman–Crippen LogP) is 2.09. The van der Waals surface area contributed by atoms with Crippen LogP contribution in [-0.2, 0) is 11.3 Å². The zero-order chi connectivity index (χ0) is 18.7. The third-order valence-electron chi connectivity index (χ3n) is 4.77. The summed E-state index contributed by atoms with van der Waals surface area (Å²) in [7, 11) is 0. The van der Waals surface area contributed by atoms with Crippen molar-refractivity contribution in [2.24, 2.45) is 0 Å². The number of anilines is 1. The maximum Gasteiger partial charge on any atom is 0.408 e. The lowest BCUT2D eigenvalue weighted by Gasteiger charge is -2.39. The molecule has 8 heteroatoms. The van der Waals surface area contributed by atoms with E-state index in [1.807, 2.05) is 25.1 Å². The lowest BCUT2D eigenvalue weighted by atomic mass is 10.0. The number of carbonyl (C=O) groups is 2. The first-order valence-corrected chi connectivity index (χ1v) is 8.78. The van der Waals surface area contributed by atoms with Gasteiger partial charge < -0.3 is 15.7 Å². The first-order valence-electron chi connectivity index (χ1n) is 8.78. The summed E-state index contributed by atoms with van der Waals surface area (Å²) < 4.78 is 0. The molecule has 1 aromatic carbocycles. The third-order valence-corrected chi connectivity index (χ3v) is 4.77. The minimum absolute atomic E-state index is 0.130. The average molecular weight is 357 g/mol. The van der Waals surface area contributed by atoms with E-state index in [0.717, 1.165) is 29.3 Å². The molecule has 0 bridgehead atoms. The Labute approximate surface area is 151 Å². The number of rotatable bonds is 5. The first-order chi connectivity index (χ1) is 12.5. The molecule has 1 aliphatic heterocycles. The topological polar surface area (TPSA) is 113 Å². The summed E-state index contributed by atoms with van der Waals surface area (Å²) in [6.07, 6.45) is 2.68. The van der Waals surface area contributed by atoms with Crippen LogP contribution < -0.4 is 5.73 Å². The molecular formula is C18H23N5O3. The first kappa shape index (κ1) is 17.9. The molecule has 1 atom stereocenters. The van der Waals surface area contributed by atoms with Gasteiger partial charge >= 0.3 is 6.09 Å². The highest BCUT2D eigenvalue weighted by atomic mass is 16.4. The van der Waals surface area contributed by atoms with E-state index in [1.54, 1.807) is 4.90 Å². The van der Waals surface area contributed by atoms with Crippen molar-refractivity contribution >= 4 is 28.7 Å². The normalized spacial score (nSPS) is 17.7. The van der Waals surface area contributed by atoms with Gasteiger partial charge in [-0.15, -0.1) is 0 Å². The number of amides is 2. The smallest absolute Gasteiger partial charge is 0.408 e. The Morgan fingerprint density at radius 3 is 2.88 bits per heavy atom. The van der Waals surface area contributed by atoms with Crippen LogP contribution in [0.3, 0.4) is 0 Å². The molecule has 1 saturated heterocycles. The molecule has 138 valence electrons. The molecule has 0 saturated carbocycles. The van der Waals surface area contributed by atoms with Gasteiger partial charge in [0.25, 0.3) is 0 Å². The fourth-order valence-corrected chi connectivity index (χ4v) is 3.34. The highest BCUT2D eigenvalue weighted by Crippen LogP contribution is 2.22. The molecule has 26 heavy (non-hydrogen) atoms. The number of carbonyl (C=O) groups excluding carboxylic acids is 1. The second-order valence-electron chi connectivity index (χ2n) is 6.50. The summed E-state index contributed by atoms with van der Waals surface area (Å²) >= 11 is 0. The van der Waals surface area contributed by atoms with E-state index in [9.17, 15) is 14.7 Å². The number of aromatic nitrogens is 2.